The van der Waals surface area contributed by atoms with Gasteiger partial charge in [0.05, 0.1) is 37.4 Å². The SMILES string of the molecule is COC(=O)[C@H](O)[C@H]1[C@@]2(C)C[C@]3(OC(C)=O)[C@H]([C@H]2OC(C)=O)[C@@H](OC(C)=O)[C@]2(O)[C@@H]4CC(=O)O[C@@H](c5ccoc5)[C@]4(C)[C@@H](OC(C)=O)C[C@@H]2[C@]13C.O.O. The van der Waals surface area contributed by atoms with Crippen LogP contribution in [0.2, 0.25) is 0 Å². The van der Waals surface area contributed by atoms with E-state index in [0.717, 1.165) is 21.0 Å². The first kappa shape index (κ1) is 40.7. The number of fused-ring (bicyclic) bond motifs is 5. The van der Waals surface area contributed by atoms with Crippen LogP contribution in [0, 0.1) is 39.9 Å². The van der Waals surface area contributed by atoms with Gasteiger partial charge in [0.25, 0.3) is 0 Å². The Balaban J connectivity index is 0.00000302. The van der Waals surface area contributed by atoms with E-state index in [9.17, 15) is 39.0 Å². The molecule has 1 aromatic rings. The van der Waals surface area contributed by atoms with Gasteiger partial charge < -0.3 is 54.0 Å². The zero-order chi connectivity index (χ0) is 36.9. The van der Waals surface area contributed by atoms with Crippen molar-refractivity contribution >= 4 is 35.8 Å². The zero-order valence-corrected chi connectivity index (χ0v) is 30.3. The number of methoxy groups -OCH3 is 1. The van der Waals surface area contributed by atoms with Crippen LogP contribution in [0.25, 0.3) is 0 Å². The number of rotatable bonds is 7. The van der Waals surface area contributed by atoms with Crippen molar-refractivity contribution in [1.82, 2.24) is 0 Å². The summed E-state index contributed by atoms with van der Waals surface area (Å²) in [5.74, 6) is -9.62. The van der Waals surface area contributed by atoms with Crippen molar-refractivity contribution in [2.24, 2.45) is 39.9 Å². The molecule has 6 rings (SSSR count). The quantitative estimate of drug-likeness (QED) is 0.281. The highest BCUT2D eigenvalue weighted by Gasteiger charge is 2.91. The minimum absolute atomic E-state index is 0. The maximum absolute atomic E-state index is 13.7. The number of ether oxygens (including phenoxy) is 6. The van der Waals surface area contributed by atoms with Crippen LogP contribution >= 0.6 is 0 Å². The Morgan fingerprint density at radius 3 is 2.02 bits per heavy atom. The third-order valence-electron chi connectivity index (χ3n) is 13.0. The van der Waals surface area contributed by atoms with E-state index in [-0.39, 0.29) is 23.8 Å². The zero-order valence-electron chi connectivity index (χ0n) is 30.3. The standard InChI is InChI=1S/C35H44O15.2H2O/c1-15(36)46-22-11-21-33(7)26(25(41)30(42)44-8)31(5)14-34(33,50-18(4)39)24(28(31)47-16(2)37)29(48-17(3)38)35(21,43)20-12-23(40)49-27(32(20,22)6)19-9-10-45-13-19;;/h9-10,13,20-22,24-29,41,43H,11-12,14H2,1-8H3;2*1H2/t20-,21-,22+,24-,25-,26+,27+,28-,29-,31-,32+,33-,34+,35+;;/m1../s1. The molecule has 0 aromatic carbocycles. The van der Waals surface area contributed by atoms with Crippen molar-refractivity contribution < 1.29 is 82.8 Å². The molecule has 17 nitrogen and oxygen atoms in total. The number of carbonyl (C=O) groups is 6. The van der Waals surface area contributed by atoms with Crippen LogP contribution < -0.4 is 0 Å². The lowest BCUT2D eigenvalue weighted by Gasteiger charge is -2.73. The number of aliphatic hydroxyl groups excluding tert-OH is 1. The van der Waals surface area contributed by atoms with Crippen LogP contribution in [0.5, 0.6) is 0 Å². The highest BCUT2D eigenvalue weighted by Crippen LogP contribution is 2.82. The molecule has 5 aliphatic rings. The summed E-state index contributed by atoms with van der Waals surface area (Å²) in [6.07, 6.45) is -4.92. The number of cyclic esters (lactones) is 1. The Hall–Kier alpha value is -4.06. The van der Waals surface area contributed by atoms with Crippen molar-refractivity contribution in [2.45, 2.75) is 109 Å². The molecule has 4 saturated carbocycles. The number of furan rings is 1. The van der Waals surface area contributed by atoms with E-state index in [1.165, 1.54) is 26.4 Å². The van der Waals surface area contributed by atoms with Gasteiger partial charge in [0.2, 0.25) is 0 Å². The van der Waals surface area contributed by atoms with Gasteiger partial charge in [0, 0.05) is 61.8 Å². The van der Waals surface area contributed by atoms with Crippen molar-refractivity contribution in [2.75, 3.05) is 7.11 Å². The van der Waals surface area contributed by atoms with E-state index in [1.54, 1.807) is 26.8 Å². The van der Waals surface area contributed by atoms with Crippen LogP contribution in [-0.4, -0.2) is 99.7 Å². The van der Waals surface area contributed by atoms with Gasteiger partial charge in [-0.05, 0) is 18.9 Å². The van der Waals surface area contributed by atoms with Gasteiger partial charge in [-0.2, -0.15) is 0 Å². The average molecular weight is 741 g/mol. The summed E-state index contributed by atoms with van der Waals surface area (Å²) in [7, 11) is 1.10. The third kappa shape index (κ3) is 5.10. The lowest BCUT2D eigenvalue weighted by atomic mass is 9.35. The predicted octanol–water partition coefficient (Wildman–Crippen LogP) is 0.299. The fourth-order valence-corrected chi connectivity index (χ4v) is 11.8. The second kappa shape index (κ2) is 13.1. The summed E-state index contributed by atoms with van der Waals surface area (Å²) in [5.41, 5.74) is -7.89. The smallest absolute Gasteiger partial charge is 0.335 e. The molecule has 0 radical (unpaired) electrons. The number of esters is 6. The van der Waals surface area contributed by atoms with Gasteiger partial charge in [0.15, 0.2) is 6.10 Å². The summed E-state index contributed by atoms with van der Waals surface area (Å²) in [4.78, 5) is 78.7. The van der Waals surface area contributed by atoms with Crippen LogP contribution in [0.1, 0.15) is 79.4 Å². The van der Waals surface area contributed by atoms with Crippen LogP contribution in [0.3, 0.4) is 0 Å². The van der Waals surface area contributed by atoms with Gasteiger partial charge in [-0.15, -0.1) is 0 Å². The van der Waals surface area contributed by atoms with E-state index in [1.807, 2.05) is 0 Å². The molecule has 290 valence electrons. The van der Waals surface area contributed by atoms with E-state index in [0.29, 0.717) is 5.56 Å². The molecule has 0 unspecified atom stereocenters. The highest BCUT2D eigenvalue weighted by molar-refractivity contribution is 5.76. The van der Waals surface area contributed by atoms with Crippen LogP contribution in [-0.2, 0) is 57.2 Å². The monoisotopic (exact) mass is 740 g/mol. The maximum Gasteiger partial charge on any atom is 0.335 e. The first-order chi connectivity index (χ1) is 23.2. The Morgan fingerprint density at radius 1 is 0.904 bits per heavy atom. The van der Waals surface area contributed by atoms with E-state index < -0.39 is 124 Å². The molecule has 5 fully saturated rings. The third-order valence-corrected chi connectivity index (χ3v) is 13.0. The molecule has 1 saturated heterocycles. The molecule has 4 aliphatic carbocycles. The van der Waals surface area contributed by atoms with Crippen LogP contribution in [0.15, 0.2) is 23.0 Å². The molecule has 52 heavy (non-hydrogen) atoms. The normalized spacial score (nSPS) is 42.8. The second-order valence-electron chi connectivity index (χ2n) is 15.3. The van der Waals surface area contributed by atoms with Crippen molar-refractivity contribution in [3.05, 3.63) is 24.2 Å². The van der Waals surface area contributed by atoms with E-state index in [2.05, 4.69) is 0 Å². The first-order valence-electron chi connectivity index (χ1n) is 16.7. The average Bonchev–Trinajstić information content (AvgIpc) is 3.67. The molecular formula is C35H48O17. The maximum atomic E-state index is 13.7. The highest BCUT2D eigenvalue weighted by atomic mass is 16.6. The van der Waals surface area contributed by atoms with Gasteiger partial charge in [0.1, 0.15) is 35.6 Å². The minimum atomic E-state index is -2.24. The lowest BCUT2D eigenvalue weighted by Crippen LogP contribution is -2.83. The van der Waals surface area contributed by atoms with Crippen molar-refractivity contribution in [1.29, 1.82) is 0 Å². The molecule has 0 spiro atoms. The summed E-state index contributed by atoms with van der Waals surface area (Å²) >= 11 is 0. The van der Waals surface area contributed by atoms with Gasteiger partial charge >= 0.3 is 35.8 Å². The molecule has 1 aliphatic heterocycles. The summed E-state index contributed by atoms with van der Waals surface area (Å²) < 4.78 is 40.7. The van der Waals surface area contributed by atoms with Crippen LogP contribution in [0.4, 0.5) is 0 Å². The first-order valence-corrected chi connectivity index (χ1v) is 16.7. The lowest BCUT2D eigenvalue weighted by molar-refractivity contribution is -0.369. The number of hydrogen-bond acceptors (Lipinski definition) is 15. The number of carbonyl (C=O) groups excluding carboxylic acids is 6. The minimum Gasteiger partial charge on any atom is -0.472 e. The van der Waals surface area contributed by atoms with Gasteiger partial charge in [-0.1, -0.05) is 20.8 Å². The topological polar surface area (TPSA) is 274 Å². The van der Waals surface area contributed by atoms with Crippen molar-refractivity contribution in [3.8, 4) is 0 Å². The largest absolute Gasteiger partial charge is 0.472 e. The molecule has 17 heteroatoms. The van der Waals surface area contributed by atoms with Gasteiger partial charge in [-0.3, -0.25) is 24.0 Å². The summed E-state index contributed by atoms with van der Waals surface area (Å²) in [6.45, 7) is 9.73. The molecule has 14 atom stereocenters. The number of aliphatic hydroxyl groups is 2. The Morgan fingerprint density at radius 2 is 1.50 bits per heavy atom. The Bertz CT molecular complexity index is 1620. The number of hydrogen-bond donors (Lipinski definition) is 2. The molecule has 2 heterocycles. The molecule has 6 N–H and O–H groups in total. The second-order valence-corrected chi connectivity index (χ2v) is 15.3. The fraction of sp³-hybridized carbons (Fsp3) is 0.714. The Labute approximate surface area is 299 Å². The fourth-order valence-electron chi connectivity index (χ4n) is 11.8. The molecule has 0 amide bonds. The van der Waals surface area contributed by atoms with E-state index in [4.69, 9.17) is 32.8 Å². The Kier molecular flexibility index (Phi) is 10.3. The predicted molar refractivity (Wildman–Crippen MR) is 171 cm³/mol. The van der Waals surface area contributed by atoms with Crippen molar-refractivity contribution in [3.63, 3.8) is 0 Å². The molecule has 1 aromatic heterocycles. The molecular weight excluding hydrogens is 692 g/mol. The summed E-state index contributed by atoms with van der Waals surface area (Å²) in [5, 5.41) is 25.6. The molecule has 2 bridgehead atoms. The van der Waals surface area contributed by atoms with Gasteiger partial charge in [-0.25, -0.2) is 4.79 Å². The summed E-state index contributed by atoms with van der Waals surface area (Å²) in [6, 6.07) is 1.58. The van der Waals surface area contributed by atoms with E-state index >= 15 is 0 Å².